The Bertz CT molecular complexity index is 541. The quantitative estimate of drug-likeness (QED) is 0.772. The second-order valence-corrected chi connectivity index (χ2v) is 3.59. The van der Waals surface area contributed by atoms with E-state index in [2.05, 4.69) is 5.10 Å². The highest BCUT2D eigenvalue weighted by atomic mass is 19.4. The summed E-state index contributed by atoms with van der Waals surface area (Å²) in [5, 5.41) is 21.7. The van der Waals surface area contributed by atoms with Crippen LogP contribution in [0.15, 0.2) is 36.7 Å². The van der Waals surface area contributed by atoms with Crippen LogP contribution in [-0.4, -0.2) is 26.9 Å². The van der Waals surface area contributed by atoms with Gasteiger partial charge in [-0.3, -0.25) is 0 Å². The molecule has 0 atom stereocenters. The highest BCUT2D eigenvalue weighted by Crippen LogP contribution is 2.29. The highest BCUT2D eigenvalue weighted by molar-refractivity contribution is 6.59. The minimum Gasteiger partial charge on any atom is -0.423 e. The van der Waals surface area contributed by atoms with Crippen molar-refractivity contribution in [2.75, 3.05) is 0 Å². The van der Waals surface area contributed by atoms with E-state index < -0.39 is 24.3 Å². The van der Waals surface area contributed by atoms with E-state index >= 15 is 0 Å². The number of halogens is 3. The van der Waals surface area contributed by atoms with Gasteiger partial charge in [-0.15, -0.1) is 0 Å². The van der Waals surface area contributed by atoms with Gasteiger partial charge in [0.05, 0.1) is 11.3 Å². The molecule has 18 heavy (non-hydrogen) atoms. The van der Waals surface area contributed by atoms with E-state index in [9.17, 15) is 13.2 Å². The van der Waals surface area contributed by atoms with Gasteiger partial charge in [0.25, 0.3) is 0 Å². The van der Waals surface area contributed by atoms with Crippen LogP contribution in [0.1, 0.15) is 5.56 Å². The molecule has 1 aromatic heterocycles. The molecule has 0 spiro atoms. The summed E-state index contributed by atoms with van der Waals surface area (Å²) < 4.78 is 39.6. The maximum atomic E-state index is 12.8. The fourth-order valence-corrected chi connectivity index (χ4v) is 1.58. The molecular weight excluding hydrogens is 248 g/mol. The molecule has 4 nitrogen and oxygen atoms in total. The molecule has 2 aromatic rings. The zero-order valence-corrected chi connectivity index (χ0v) is 8.96. The van der Waals surface area contributed by atoms with Crippen LogP contribution in [-0.2, 0) is 6.18 Å². The Kier molecular flexibility index (Phi) is 3.14. The van der Waals surface area contributed by atoms with E-state index in [-0.39, 0.29) is 5.69 Å². The van der Waals surface area contributed by atoms with Gasteiger partial charge in [-0.05, 0) is 23.7 Å². The Morgan fingerprint density at radius 1 is 1.22 bits per heavy atom. The first-order valence-electron chi connectivity index (χ1n) is 4.97. The van der Waals surface area contributed by atoms with Crippen molar-refractivity contribution in [3.63, 3.8) is 0 Å². The Balaban J connectivity index is 2.56. The third kappa shape index (κ3) is 2.39. The molecule has 8 heteroatoms. The largest absolute Gasteiger partial charge is 0.489 e. The smallest absolute Gasteiger partial charge is 0.423 e. The van der Waals surface area contributed by atoms with Crippen molar-refractivity contribution in [3.8, 4) is 5.69 Å². The Morgan fingerprint density at radius 2 is 1.94 bits per heavy atom. The summed E-state index contributed by atoms with van der Waals surface area (Å²) in [6.07, 6.45) is -1.74. The average molecular weight is 256 g/mol. The first-order chi connectivity index (χ1) is 8.39. The maximum absolute atomic E-state index is 12.8. The van der Waals surface area contributed by atoms with Gasteiger partial charge in [-0.2, -0.15) is 18.3 Å². The molecule has 0 aliphatic carbocycles. The summed E-state index contributed by atoms with van der Waals surface area (Å²) >= 11 is 0. The van der Waals surface area contributed by atoms with E-state index in [4.69, 9.17) is 10.0 Å². The fourth-order valence-electron chi connectivity index (χ4n) is 1.58. The standard InChI is InChI=1S/C10H8BF3N2O2/c12-10(13,14)8-6-7(16-5-1-4-15-16)2-3-9(8)11(17)18/h1-6,17-18H. The van der Waals surface area contributed by atoms with E-state index in [0.29, 0.717) is 0 Å². The second-order valence-electron chi connectivity index (χ2n) is 3.59. The summed E-state index contributed by atoms with van der Waals surface area (Å²) in [4.78, 5) is 0. The van der Waals surface area contributed by atoms with Gasteiger partial charge in [0.15, 0.2) is 0 Å². The van der Waals surface area contributed by atoms with Gasteiger partial charge in [0, 0.05) is 12.4 Å². The molecule has 0 amide bonds. The van der Waals surface area contributed by atoms with Gasteiger partial charge in [0.2, 0.25) is 0 Å². The Labute approximate surface area is 100 Å². The molecule has 0 aliphatic heterocycles. The molecule has 94 valence electrons. The van der Waals surface area contributed by atoms with Crippen molar-refractivity contribution in [3.05, 3.63) is 42.2 Å². The number of hydrogen-bond donors (Lipinski definition) is 2. The average Bonchev–Trinajstić information content (AvgIpc) is 2.80. The summed E-state index contributed by atoms with van der Waals surface area (Å²) in [5.41, 5.74) is -1.49. The fraction of sp³-hybridized carbons (Fsp3) is 0.100. The molecule has 2 rings (SSSR count). The molecule has 2 N–H and O–H groups in total. The topological polar surface area (TPSA) is 58.3 Å². The molecule has 0 bridgehead atoms. The molecule has 0 fully saturated rings. The predicted octanol–water partition coefficient (Wildman–Crippen LogP) is 0.571. The summed E-state index contributed by atoms with van der Waals surface area (Å²) in [5.74, 6) is 0. The van der Waals surface area contributed by atoms with Crippen molar-refractivity contribution >= 4 is 12.6 Å². The van der Waals surface area contributed by atoms with Crippen molar-refractivity contribution in [2.45, 2.75) is 6.18 Å². The second kappa shape index (κ2) is 4.47. The number of nitrogens with zero attached hydrogens (tertiary/aromatic N) is 2. The van der Waals surface area contributed by atoms with Crippen molar-refractivity contribution in [1.82, 2.24) is 9.78 Å². The lowest BCUT2D eigenvalue weighted by atomic mass is 9.76. The minimum absolute atomic E-state index is 0.191. The van der Waals surface area contributed by atoms with E-state index in [1.807, 2.05) is 0 Å². The molecule has 0 unspecified atom stereocenters. The minimum atomic E-state index is -4.66. The molecule has 1 aromatic carbocycles. The normalized spacial score (nSPS) is 11.6. The van der Waals surface area contributed by atoms with Crippen LogP contribution in [0.2, 0.25) is 0 Å². The van der Waals surface area contributed by atoms with Crippen LogP contribution in [0.3, 0.4) is 0 Å². The number of benzene rings is 1. The molecular formula is C10H8BF3N2O2. The Morgan fingerprint density at radius 3 is 2.44 bits per heavy atom. The van der Waals surface area contributed by atoms with Crippen LogP contribution >= 0.6 is 0 Å². The lowest BCUT2D eigenvalue weighted by Crippen LogP contribution is -2.36. The molecule has 1 heterocycles. The van der Waals surface area contributed by atoms with Crippen molar-refractivity contribution < 1.29 is 23.2 Å². The monoisotopic (exact) mass is 256 g/mol. The van der Waals surface area contributed by atoms with Crippen LogP contribution in [0.5, 0.6) is 0 Å². The first kappa shape index (κ1) is 12.7. The van der Waals surface area contributed by atoms with Crippen LogP contribution in [0, 0.1) is 0 Å². The zero-order valence-electron chi connectivity index (χ0n) is 8.96. The number of aromatic nitrogens is 2. The number of rotatable bonds is 2. The number of alkyl halides is 3. The van der Waals surface area contributed by atoms with Crippen LogP contribution < -0.4 is 5.46 Å². The molecule has 0 saturated heterocycles. The van der Waals surface area contributed by atoms with Crippen LogP contribution in [0.25, 0.3) is 5.69 Å². The predicted molar refractivity (Wildman–Crippen MR) is 58.4 cm³/mol. The van der Waals surface area contributed by atoms with Gasteiger partial charge in [0.1, 0.15) is 0 Å². The van der Waals surface area contributed by atoms with Gasteiger partial charge in [-0.25, -0.2) is 4.68 Å². The van der Waals surface area contributed by atoms with Gasteiger partial charge >= 0.3 is 13.3 Å². The SMILES string of the molecule is OB(O)c1ccc(-n2cccn2)cc1C(F)(F)F. The van der Waals surface area contributed by atoms with Crippen molar-refractivity contribution in [2.24, 2.45) is 0 Å². The van der Waals surface area contributed by atoms with E-state index in [0.717, 1.165) is 12.1 Å². The molecule has 0 radical (unpaired) electrons. The first-order valence-corrected chi connectivity index (χ1v) is 4.97. The van der Waals surface area contributed by atoms with E-state index in [1.54, 1.807) is 6.07 Å². The lowest BCUT2D eigenvalue weighted by Gasteiger charge is -2.14. The third-order valence-corrected chi connectivity index (χ3v) is 2.39. The lowest BCUT2D eigenvalue weighted by molar-refractivity contribution is -0.136. The molecule has 0 saturated carbocycles. The number of hydrogen-bond acceptors (Lipinski definition) is 3. The maximum Gasteiger partial charge on any atom is 0.489 e. The summed E-state index contributed by atoms with van der Waals surface area (Å²) in [6, 6.07) is 4.74. The van der Waals surface area contributed by atoms with Gasteiger partial charge in [-0.1, -0.05) is 6.07 Å². The highest BCUT2D eigenvalue weighted by Gasteiger charge is 2.36. The van der Waals surface area contributed by atoms with E-state index in [1.165, 1.54) is 23.1 Å². The van der Waals surface area contributed by atoms with Crippen molar-refractivity contribution in [1.29, 1.82) is 0 Å². The zero-order chi connectivity index (χ0) is 13.3. The Hall–Kier alpha value is -1.80. The van der Waals surface area contributed by atoms with Gasteiger partial charge < -0.3 is 10.0 Å². The third-order valence-electron chi connectivity index (χ3n) is 2.39. The van der Waals surface area contributed by atoms with Crippen LogP contribution in [0.4, 0.5) is 13.2 Å². The summed E-state index contributed by atoms with van der Waals surface area (Å²) in [7, 11) is -2.17. The summed E-state index contributed by atoms with van der Waals surface area (Å²) in [6.45, 7) is 0. The molecule has 0 aliphatic rings.